The number of carbonyl (C=O) groups excluding carboxylic acids is 1. The summed E-state index contributed by atoms with van der Waals surface area (Å²) in [5.41, 5.74) is 7.64. The second kappa shape index (κ2) is 8.31. The molecule has 2 atom stereocenters. The molecule has 0 saturated carbocycles. The van der Waals surface area contributed by atoms with Crippen LogP contribution in [0.5, 0.6) is 0 Å². The van der Waals surface area contributed by atoms with E-state index in [0.717, 1.165) is 10.4 Å². The maximum Gasteiger partial charge on any atom is 0.330 e. The zero-order valence-corrected chi connectivity index (χ0v) is 18.1. The standard InChI is InChI=1S/C22H21N5O4S/c1-10(14-9-24-19-17(14)21(29)26-11(2)25-19)15-7-8-16(32-15)20(28)27-18(22(30)31)12-3-5-13(23)6-4-12/h3-10,18H,23H2,1-2H3,(H,27,28)(H,30,31)(H2,24,25,26,29). The molecule has 0 saturated heterocycles. The summed E-state index contributed by atoms with van der Waals surface area (Å²) < 4.78 is 0. The largest absolute Gasteiger partial charge is 0.479 e. The molecule has 2 unspecified atom stereocenters. The van der Waals surface area contributed by atoms with Crippen molar-refractivity contribution in [2.75, 3.05) is 5.73 Å². The van der Waals surface area contributed by atoms with Crippen LogP contribution in [-0.4, -0.2) is 31.9 Å². The second-order valence-corrected chi connectivity index (χ2v) is 8.57. The molecule has 10 heteroatoms. The molecule has 0 aliphatic heterocycles. The Morgan fingerprint density at radius 3 is 2.59 bits per heavy atom. The number of carboxylic acid groups (broad SMARTS) is 1. The number of fused-ring (bicyclic) bond motifs is 1. The number of aliphatic carboxylic acids is 1. The number of anilines is 1. The van der Waals surface area contributed by atoms with Crippen LogP contribution in [0.2, 0.25) is 0 Å². The normalized spacial score (nSPS) is 13.1. The van der Waals surface area contributed by atoms with Crippen molar-refractivity contribution in [3.8, 4) is 0 Å². The van der Waals surface area contributed by atoms with E-state index < -0.39 is 17.9 Å². The maximum atomic E-state index is 12.8. The molecule has 4 rings (SSSR count). The summed E-state index contributed by atoms with van der Waals surface area (Å²) in [6.45, 7) is 3.65. The number of benzene rings is 1. The van der Waals surface area contributed by atoms with Crippen molar-refractivity contribution in [3.63, 3.8) is 0 Å². The van der Waals surface area contributed by atoms with Crippen molar-refractivity contribution in [3.05, 3.63) is 79.7 Å². The molecule has 0 spiro atoms. The van der Waals surface area contributed by atoms with Crippen LogP contribution in [0.3, 0.4) is 0 Å². The Morgan fingerprint density at radius 2 is 1.91 bits per heavy atom. The Bertz CT molecular complexity index is 1370. The molecule has 0 bridgehead atoms. The third-order valence-electron chi connectivity index (χ3n) is 5.23. The summed E-state index contributed by atoms with van der Waals surface area (Å²) in [6.07, 6.45) is 1.75. The maximum absolute atomic E-state index is 12.8. The van der Waals surface area contributed by atoms with E-state index in [9.17, 15) is 19.5 Å². The smallest absolute Gasteiger partial charge is 0.330 e. The van der Waals surface area contributed by atoms with Gasteiger partial charge in [0.05, 0.1) is 10.3 Å². The number of H-pyrrole nitrogens is 2. The van der Waals surface area contributed by atoms with Gasteiger partial charge >= 0.3 is 5.97 Å². The van der Waals surface area contributed by atoms with Crippen LogP contribution in [0, 0.1) is 6.92 Å². The van der Waals surface area contributed by atoms with Crippen molar-refractivity contribution >= 4 is 39.9 Å². The predicted octanol–water partition coefficient (Wildman–Crippen LogP) is 2.91. The predicted molar refractivity (Wildman–Crippen MR) is 122 cm³/mol. The van der Waals surface area contributed by atoms with Crippen molar-refractivity contribution in [1.29, 1.82) is 0 Å². The molecule has 0 fully saturated rings. The van der Waals surface area contributed by atoms with Gasteiger partial charge in [-0.25, -0.2) is 9.78 Å². The summed E-state index contributed by atoms with van der Waals surface area (Å²) in [5.74, 6) is -1.32. The van der Waals surface area contributed by atoms with Gasteiger partial charge < -0.3 is 26.1 Å². The highest BCUT2D eigenvalue weighted by atomic mass is 32.1. The van der Waals surface area contributed by atoms with E-state index in [0.29, 0.717) is 33.0 Å². The van der Waals surface area contributed by atoms with E-state index in [1.807, 2.05) is 6.92 Å². The van der Waals surface area contributed by atoms with Crippen LogP contribution in [0.15, 0.2) is 47.4 Å². The van der Waals surface area contributed by atoms with E-state index >= 15 is 0 Å². The van der Waals surface area contributed by atoms with Crippen LogP contribution >= 0.6 is 11.3 Å². The third kappa shape index (κ3) is 4.00. The molecule has 3 aromatic heterocycles. The highest BCUT2D eigenvalue weighted by Crippen LogP contribution is 2.33. The van der Waals surface area contributed by atoms with Crippen LogP contribution < -0.4 is 16.6 Å². The third-order valence-corrected chi connectivity index (χ3v) is 6.49. The summed E-state index contributed by atoms with van der Waals surface area (Å²) >= 11 is 1.24. The molecule has 1 aromatic carbocycles. The van der Waals surface area contributed by atoms with Gasteiger partial charge in [-0.2, -0.15) is 0 Å². The number of nitrogens with two attached hydrogens (primary N) is 1. The molecule has 32 heavy (non-hydrogen) atoms. The van der Waals surface area contributed by atoms with E-state index in [2.05, 4.69) is 20.3 Å². The molecule has 1 amide bonds. The zero-order chi connectivity index (χ0) is 23.0. The minimum absolute atomic E-state index is 0.173. The first-order valence-electron chi connectivity index (χ1n) is 9.81. The number of aromatic amines is 2. The number of aromatic nitrogens is 3. The first-order valence-corrected chi connectivity index (χ1v) is 10.6. The molecule has 6 N–H and O–H groups in total. The number of rotatable bonds is 6. The Kier molecular flexibility index (Phi) is 5.54. The van der Waals surface area contributed by atoms with Gasteiger partial charge in [-0.3, -0.25) is 9.59 Å². The minimum atomic E-state index is -1.20. The molecule has 9 nitrogen and oxygen atoms in total. The number of hydrogen-bond acceptors (Lipinski definition) is 6. The van der Waals surface area contributed by atoms with Gasteiger partial charge in [0.15, 0.2) is 6.04 Å². The molecule has 164 valence electrons. The van der Waals surface area contributed by atoms with E-state index in [1.165, 1.54) is 11.3 Å². The SMILES string of the molecule is Cc1nc2[nH]cc(C(C)c3ccc(C(=O)NC(C(=O)O)c4ccc(N)cc4)s3)c2c(=O)[nH]1. The topological polar surface area (TPSA) is 154 Å². The molecule has 0 aliphatic carbocycles. The van der Waals surface area contributed by atoms with E-state index in [-0.39, 0.29) is 11.5 Å². The van der Waals surface area contributed by atoms with Crippen LogP contribution in [0.4, 0.5) is 5.69 Å². The minimum Gasteiger partial charge on any atom is -0.479 e. The van der Waals surface area contributed by atoms with Crippen molar-refractivity contribution in [2.24, 2.45) is 0 Å². The van der Waals surface area contributed by atoms with Crippen LogP contribution in [-0.2, 0) is 4.79 Å². The number of amides is 1. The second-order valence-electron chi connectivity index (χ2n) is 7.45. The zero-order valence-electron chi connectivity index (χ0n) is 17.3. The lowest BCUT2D eigenvalue weighted by Gasteiger charge is -2.14. The lowest BCUT2D eigenvalue weighted by molar-refractivity contribution is -0.139. The van der Waals surface area contributed by atoms with Crippen molar-refractivity contribution < 1.29 is 14.7 Å². The Morgan fingerprint density at radius 1 is 1.19 bits per heavy atom. The summed E-state index contributed by atoms with van der Waals surface area (Å²) in [6, 6.07) is 8.56. The number of nitrogens with zero attached hydrogens (tertiary/aromatic N) is 1. The lowest BCUT2D eigenvalue weighted by Crippen LogP contribution is -2.33. The molecule has 3 heterocycles. The highest BCUT2D eigenvalue weighted by molar-refractivity contribution is 7.14. The van der Waals surface area contributed by atoms with Gasteiger partial charge in [0, 0.05) is 22.7 Å². The number of hydrogen-bond donors (Lipinski definition) is 5. The Hall–Kier alpha value is -3.92. The quantitative estimate of drug-likeness (QED) is 0.284. The first-order chi connectivity index (χ1) is 15.2. The average molecular weight is 452 g/mol. The highest BCUT2D eigenvalue weighted by Gasteiger charge is 2.25. The van der Waals surface area contributed by atoms with Crippen molar-refractivity contribution in [2.45, 2.75) is 25.8 Å². The first kappa shape index (κ1) is 21.3. The van der Waals surface area contributed by atoms with Crippen LogP contribution in [0.25, 0.3) is 11.0 Å². The average Bonchev–Trinajstić information content (AvgIpc) is 3.39. The summed E-state index contributed by atoms with van der Waals surface area (Å²) in [7, 11) is 0. The van der Waals surface area contributed by atoms with Gasteiger partial charge in [0.2, 0.25) is 0 Å². The molecular formula is C22H21N5O4S. The fraction of sp³-hybridized carbons (Fsp3) is 0.182. The summed E-state index contributed by atoms with van der Waals surface area (Å²) in [5, 5.41) is 12.6. The number of aryl methyl sites for hydroxylation is 1. The van der Waals surface area contributed by atoms with E-state index in [4.69, 9.17) is 5.73 Å². The van der Waals surface area contributed by atoms with Gasteiger partial charge in [0.25, 0.3) is 11.5 Å². The number of thiophene rings is 1. The van der Waals surface area contributed by atoms with Gasteiger partial charge in [-0.05, 0) is 42.3 Å². The van der Waals surface area contributed by atoms with Gasteiger partial charge in [-0.1, -0.05) is 19.1 Å². The summed E-state index contributed by atoms with van der Waals surface area (Å²) in [4.78, 5) is 48.2. The lowest BCUT2D eigenvalue weighted by atomic mass is 10.0. The Labute approximate surface area is 186 Å². The number of nitrogen functional groups attached to an aromatic ring is 1. The number of nitrogens with one attached hydrogen (secondary N) is 3. The molecule has 4 aromatic rings. The molecule has 0 aliphatic rings. The fourth-order valence-corrected chi connectivity index (χ4v) is 4.54. The Balaban J connectivity index is 1.58. The molecule has 0 radical (unpaired) electrons. The van der Waals surface area contributed by atoms with Crippen LogP contribution in [0.1, 0.15) is 50.4 Å². The van der Waals surface area contributed by atoms with Gasteiger partial charge in [0.1, 0.15) is 11.5 Å². The fourth-order valence-electron chi connectivity index (χ4n) is 3.56. The van der Waals surface area contributed by atoms with Crippen molar-refractivity contribution in [1.82, 2.24) is 20.3 Å². The van der Waals surface area contributed by atoms with E-state index in [1.54, 1.807) is 49.5 Å². The molecular weight excluding hydrogens is 430 g/mol. The monoisotopic (exact) mass is 451 g/mol. The number of carbonyl (C=O) groups is 2. The van der Waals surface area contributed by atoms with Gasteiger partial charge in [-0.15, -0.1) is 11.3 Å². The number of carboxylic acids is 1.